The number of rotatable bonds is 3. The number of nitrogens with zero attached hydrogens (tertiary/aromatic N) is 1. The average molecular weight is 352 g/mol. The Balaban J connectivity index is 1.97. The maximum absolute atomic E-state index is 11.7. The van der Waals surface area contributed by atoms with Crippen molar-refractivity contribution < 1.29 is 14.7 Å². The second-order valence-electron chi connectivity index (χ2n) is 4.31. The molecule has 0 saturated heterocycles. The third-order valence-electron chi connectivity index (χ3n) is 2.71. The molecule has 2 aromatic carbocycles. The summed E-state index contributed by atoms with van der Waals surface area (Å²) in [4.78, 5) is 23.4. The summed E-state index contributed by atoms with van der Waals surface area (Å²) in [5.41, 5.74) is 2.65. The molecular formula is C15H11Cl2N3O3. The first-order chi connectivity index (χ1) is 11.0. The van der Waals surface area contributed by atoms with Crippen LogP contribution in [-0.2, 0) is 9.59 Å². The monoisotopic (exact) mass is 351 g/mol. The molecule has 23 heavy (non-hydrogen) atoms. The minimum atomic E-state index is -0.993. The molecule has 0 saturated carbocycles. The van der Waals surface area contributed by atoms with Gasteiger partial charge in [-0.1, -0.05) is 41.4 Å². The average Bonchev–Trinajstić information content (AvgIpc) is 2.53. The van der Waals surface area contributed by atoms with Crippen LogP contribution < -0.4 is 10.7 Å². The van der Waals surface area contributed by atoms with Crippen LogP contribution in [0.1, 0.15) is 5.56 Å². The third kappa shape index (κ3) is 4.45. The van der Waals surface area contributed by atoms with Gasteiger partial charge in [0.25, 0.3) is 0 Å². The van der Waals surface area contributed by atoms with E-state index in [2.05, 4.69) is 10.4 Å². The van der Waals surface area contributed by atoms with E-state index in [9.17, 15) is 14.7 Å². The van der Waals surface area contributed by atoms with Gasteiger partial charge in [-0.05, 0) is 24.3 Å². The highest BCUT2D eigenvalue weighted by atomic mass is 35.5. The van der Waals surface area contributed by atoms with Crippen LogP contribution in [0.15, 0.2) is 47.6 Å². The van der Waals surface area contributed by atoms with Gasteiger partial charge in [0.05, 0.1) is 21.9 Å². The first kappa shape index (κ1) is 16.8. The molecule has 6 nitrogen and oxygen atoms in total. The van der Waals surface area contributed by atoms with Crippen molar-refractivity contribution in [3.05, 3.63) is 58.1 Å². The van der Waals surface area contributed by atoms with Gasteiger partial charge in [-0.3, -0.25) is 9.59 Å². The van der Waals surface area contributed by atoms with Crippen LogP contribution in [-0.4, -0.2) is 23.1 Å². The zero-order chi connectivity index (χ0) is 16.8. The van der Waals surface area contributed by atoms with Crippen molar-refractivity contribution in [2.75, 3.05) is 5.32 Å². The van der Waals surface area contributed by atoms with E-state index in [1.54, 1.807) is 30.3 Å². The fourth-order valence-electron chi connectivity index (χ4n) is 1.59. The van der Waals surface area contributed by atoms with Gasteiger partial charge in [0.2, 0.25) is 0 Å². The number of carbonyl (C=O) groups excluding carboxylic acids is 2. The standard InChI is InChI=1S/C15H11Cl2N3O3/c16-10-5-3-6-11(13(10)17)19-14(22)15(23)20-18-8-9-4-1-2-7-12(9)21/h1-8,21H,(H,19,22)(H,20,23)/b18-8-. The van der Waals surface area contributed by atoms with E-state index in [4.69, 9.17) is 23.2 Å². The summed E-state index contributed by atoms with van der Waals surface area (Å²) in [7, 11) is 0. The summed E-state index contributed by atoms with van der Waals surface area (Å²) < 4.78 is 0. The Kier molecular flexibility index (Phi) is 5.56. The molecule has 2 aromatic rings. The summed E-state index contributed by atoms with van der Waals surface area (Å²) in [6.07, 6.45) is 1.22. The molecule has 0 bridgehead atoms. The summed E-state index contributed by atoms with van der Waals surface area (Å²) in [5, 5.41) is 15.8. The van der Waals surface area contributed by atoms with Crippen LogP contribution >= 0.6 is 23.2 Å². The van der Waals surface area contributed by atoms with E-state index >= 15 is 0 Å². The first-order valence-corrected chi connectivity index (χ1v) is 7.11. The molecule has 0 unspecified atom stereocenters. The number of carbonyl (C=O) groups is 2. The summed E-state index contributed by atoms with van der Waals surface area (Å²) in [6.45, 7) is 0. The summed E-state index contributed by atoms with van der Waals surface area (Å²) in [5.74, 6) is -1.95. The van der Waals surface area contributed by atoms with Gasteiger partial charge in [0.1, 0.15) is 5.75 Å². The molecular weight excluding hydrogens is 341 g/mol. The second-order valence-corrected chi connectivity index (χ2v) is 5.10. The maximum Gasteiger partial charge on any atom is 0.329 e. The van der Waals surface area contributed by atoms with Crippen molar-refractivity contribution in [3.63, 3.8) is 0 Å². The lowest BCUT2D eigenvalue weighted by Gasteiger charge is -2.06. The molecule has 0 spiro atoms. The number of halogens is 2. The van der Waals surface area contributed by atoms with Gasteiger partial charge in [-0.2, -0.15) is 5.10 Å². The van der Waals surface area contributed by atoms with Crippen molar-refractivity contribution in [3.8, 4) is 5.75 Å². The number of para-hydroxylation sites is 1. The number of benzene rings is 2. The fourth-order valence-corrected chi connectivity index (χ4v) is 1.94. The highest BCUT2D eigenvalue weighted by molar-refractivity contribution is 6.45. The number of aromatic hydroxyl groups is 1. The third-order valence-corrected chi connectivity index (χ3v) is 3.53. The van der Waals surface area contributed by atoms with E-state index in [0.29, 0.717) is 5.56 Å². The van der Waals surface area contributed by atoms with Crippen molar-refractivity contribution in [1.29, 1.82) is 0 Å². The van der Waals surface area contributed by atoms with E-state index in [1.807, 2.05) is 5.43 Å². The van der Waals surface area contributed by atoms with Gasteiger partial charge in [0.15, 0.2) is 0 Å². The van der Waals surface area contributed by atoms with Crippen molar-refractivity contribution in [2.45, 2.75) is 0 Å². The number of phenols is 1. The lowest BCUT2D eigenvalue weighted by molar-refractivity contribution is -0.136. The fraction of sp³-hybridized carbons (Fsp3) is 0. The molecule has 0 heterocycles. The predicted molar refractivity (Wildman–Crippen MR) is 88.9 cm³/mol. The molecule has 3 N–H and O–H groups in total. The number of anilines is 1. The largest absolute Gasteiger partial charge is 0.507 e. The summed E-state index contributed by atoms with van der Waals surface area (Å²) in [6, 6.07) is 11.0. The topological polar surface area (TPSA) is 90.8 Å². The van der Waals surface area contributed by atoms with Crippen LogP contribution in [0, 0.1) is 0 Å². The van der Waals surface area contributed by atoms with E-state index < -0.39 is 11.8 Å². The maximum atomic E-state index is 11.7. The summed E-state index contributed by atoms with van der Waals surface area (Å²) >= 11 is 11.7. The van der Waals surface area contributed by atoms with Crippen molar-refractivity contribution in [1.82, 2.24) is 5.43 Å². The van der Waals surface area contributed by atoms with Gasteiger partial charge < -0.3 is 10.4 Å². The number of amides is 2. The smallest absolute Gasteiger partial charge is 0.329 e. The second kappa shape index (κ2) is 7.62. The molecule has 2 rings (SSSR count). The SMILES string of the molecule is O=C(N/N=C\c1ccccc1O)C(=O)Nc1cccc(Cl)c1Cl. The molecule has 8 heteroatoms. The number of phenolic OH excluding ortho intramolecular Hbond substituents is 1. The molecule has 0 aliphatic carbocycles. The molecule has 0 fully saturated rings. The normalized spacial score (nSPS) is 10.5. The van der Waals surface area contributed by atoms with Crippen LogP contribution in [0.3, 0.4) is 0 Å². The zero-order valence-corrected chi connectivity index (χ0v) is 13.1. The minimum absolute atomic E-state index is 0.000611. The highest BCUT2D eigenvalue weighted by Crippen LogP contribution is 2.29. The van der Waals surface area contributed by atoms with E-state index in [1.165, 1.54) is 18.3 Å². The first-order valence-electron chi connectivity index (χ1n) is 6.35. The molecule has 0 aliphatic heterocycles. The predicted octanol–water partition coefficient (Wildman–Crippen LogP) is 2.79. The quantitative estimate of drug-likeness (QED) is 0.451. The van der Waals surface area contributed by atoms with E-state index in [0.717, 1.165) is 0 Å². The highest BCUT2D eigenvalue weighted by Gasteiger charge is 2.15. The number of hydrogen-bond acceptors (Lipinski definition) is 4. The van der Waals surface area contributed by atoms with Crippen molar-refractivity contribution >= 4 is 46.9 Å². The zero-order valence-electron chi connectivity index (χ0n) is 11.6. The number of nitrogens with one attached hydrogen (secondary N) is 2. The Morgan fingerprint density at radius 1 is 1.04 bits per heavy atom. The van der Waals surface area contributed by atoms with Gasteiger partial charge in [-0.15, -0.1) is 0 Å². The molecule has 0 aromatic heterocycles. The van der Waals surface area contributed by atoms with E-state index in [-0.39, 0.29) is 21.5 Å². The van der Waals surface area contributed by atoms with Gasteiger partial charge >= 0.3 is 11.8 Å². The van der Waals surface area contributed by atoms with Crippen LogP contribution in [0.25, 0.3) is 0 Å². The molecule has 118 valence electrons. The number of hydrazone groups is 1. The Morgan fingerprint density at radius 3 is 2.52 bits per heavy atom. The minimum Gasteiger partial charge on any atom is -0.507 e. The molecule has 0 atom stereocenters. The molecule has 0 radical (unpaired) electrons. The Hall–Kier alpha value is -2.57. The Morgan fingerprint density at radius 2 is 1.78 bits per heavy atom. The number of hydrogen-bond donors (Lipinski definition) is 3. The lowest BCUT2D eigenvalue weighted by Crippen LogP contribution is -2.32. The van der Waals surface area contributed by atoms with Gasteiger partial charge in [0, 0.05) is 5.56 Å². The molecule has 0 aliphatic rings. The van der Waals surface area contributed by atoms with Crippen LogP contribution in [0.4, 0.5) is 5.69 Å². The van der Waals surface area contributed by atoms with Crippen LogP contribution in [0.2, 0.25) is 10.0 Å². The Bertz CT molecular complexity index is 778. The van der Waals surface area contributed by atoms with Gasteiger partial charge in [-0.25, -0.2) is 5.43 Å². The molecule has 2 amide bonds. The van der Waals surface area contributed by atoms with Crippen molar-refractivity contribution in [2.24, 2.45) is 5.10 Å². The Labute approximate surface area is 141 Å². The van der Waals surface area contributed by atoms with Crippen LogP contribution in [0.5, 0.6) is 5.75 Å². The lowest BCUT2D eigenvalue weighted by atomic mass is 10.2.